The van der Waals surface area contributed by atoms with Gasteiger partial charge in [-0.3, -0.25) is 4.79 Å². The first-order valence-electron chi connectivity index (χ1n) is 6.96. The molecule has 0 bridgehead atoms. The van der Waals surface area contributed by atoms with Crippen molar-refractivity contribution < 1.29 is 9.90 Å². The van der Waals surface area contributed by atoms with Crippen molar-refractivity contribution in [2.45, 2.75) is 46.1 Å². The van der Waals surface area contributed by atoms with Crippen LogP contribution in [0.5, 0.6) is 0 Å². The van der Waals surface area contributed by atoms with Gasteiger partial charge in [-0.05, 0) is 43.9 Å². The van der Waals surface area contributed by atoms with Crippen molar-refractivity contribution in [1.82, 2.24) is 5.32 Å². The average Bonchev–Trinajstić information content (AvgIpc) is 2.75. The molecule has 1 aliphatic carbocycles. The second-order valence-electron chi connectivity index (χ2n) is 5.98. The third-order valence-electron chi connectivity index (χ3n) is 4.60. The van der Waals surface area contributed by atoms with Gasteiger partial charge in [0.2, 0.25) is 0 Å². The summed E-state index contributed by atoms with van der Waals surface area (Å²) in [6, 6.07) is 5.87. The number of rotatable bonds is 3. The molecule has 1 aromatic rings. The van der Waals surface area contributed by atoms with Gasteiger partial charge >= 0.3 is 0 Å². The van der Waals surface area contributed by atoms with Gasteiger partial charge in [-0.1, -0.05) is 25.5 Å². The molecule has 2 rings (SSSR count). The van der Waals surface area contributed by atoms with E-state index in [-0.39, 0.29) is 24.0 Å². The first-order valence-corrected chi connectivity index (χ1v) is 6.96. The summed E-state index contributed by atoms with van der Waals surface area (Å²) in [5.74, 6) is -0.0206. The predicted molar refractivity (Wildman–Crippen MR) is 76.2 cm³/mol. The molecule has 2 N–H and O–H groups in total. The van der Waals surface area contributed by atoms with Crippen molar-refractivity contribution in [3.05, 3.63) is 34.9 Å². The number of aryl methyl sites for hydroxylation is 1. The Kier molecular flexibility index (Phi) is 3.95. The van der Waals surface area contributed by atoms with Crippen molar-refractivity contribution in [3.8, 4) is 0 Å². The smallest absolute Gasteiger partial charge is 0.251 e. The van der Waals surface area contributed by atoms with Crippen LogP contribution in [0.1, 0.15) is 47.7 Å². The molecule has 0 saturated heterocycles. The van der Waals surface area contributed by atoms with Crippen LogP contribution in [0.15, 0.2) is 18.2 Å². The standard InChI is InChI=1S/C16H23NO2/c1-11-6-4-7-13(12(11)2)15(19)17-14-8-5-9-16(14,3)10-18/h4,6-7,14,18H,5,8-10H2,1-3H3,(H,17,19). The molecule has 0 spiro atoms. The molecule has 3 heteroatoms. The highest BCUT2D eigenvalue weighted by Gasteiger charge is 2.39. The maximum atomic E-state index is 12.4. The molecule has 2 atom stereocenters. The molecule has 1 fully saturated rings. The topological polar surface area (TPSA) is 49.3 Å². The molecule has 1 amide bonds. The number of benzene rings is 1. The minimum absolute atomic E-state index is 0.0206. The Morgan fingerprint density at radius 2 is 2.21 bits per heavy atom. The number of aliphatic hydroxyl groups is 1. The van der Waals surface area contributed by atoms with E-state index in [0.29, 0.717) is 0 Å². The van der Waals surface area contributed by atoms with Gasteiger partial charge in [0.25, 0.3) is 5.91 Å². The average molecular weight is 261 g/mol. The van der Waals surface area contributed by atoms with Gasteiger partial charge in [0.15, 0.2) is 0 Å². The summed E-state index contributed by atoms with van der Waals surface area (Å²) in [4.78, 5) is 12.4. The summed E-state index contributed by atoms with van der Waals surface area (Å²) in [5, 5.41) is 12.6. The monoisotopic (exact) mass is 261 g/mol. The lowest BCUT2D eigenvalue weighted by atomic mass is 9.85. The molecule has 0 aliphatic heterocycles. The molecule has 1 aromatic carbocycles. The third kappa shape index (κ3) is 2.66. The lowest BCUT2D eigenvalue weighted by molar-refractivity contribution is 0.0830. The fourth-order valence-electron chi connectivity index (χ4n) is 2.90. The van der Waals surface area contributed by atoms with Crippen LogP contribution in [0.3, 0.4) is 0 Å². The molecule has 2 unspecified atom stereocenters. The van der Waals surface area contributed by atoms with Gasteiger partial charge in [-0.15, -0.1) is 0 Å². The number of carbonyl (C=O) groups is 1. The largest absolute Gasteiger partial charge is 0.396 e. The number of hydrogen-bond donors (Lipinski definition) is 2. The Labute approximate surface area is 115 Å². The third-order valence-corrected chi connectivity index (χ3v) is 4.60. The number of aliphatic hydroxyl groups excluding tert-OH is 1. The highest BCUT2D eigenvalue weighted by Crippen LogP contribution is 2.37. The lowest BCUT2D eigenvalue weighted by Crippen LogP contribution is -2.44. The lowest BCUT2D eigenvalue weighted by Gasteiger charge is -2.30. The second-order valence-corrected chi connectivity index (χ2v) is 5.98. The zero-order chi connectivity index (χ0) is 14.0. The van der Waals surface area contributed by atoms with Gasteiger partial charge < -0.3 is 10.4 Å². The fraction of sp³-hybridized carbons (Fsp3) is 0.562. The highest BCUT2D eigenvalue weighted by atomic mass is 16.3. The number of nitrogens with one attached hydrogen (secondary N) is 1. The molecular formula is C16H23NO2. The summed E-state index contributed by atoms with van der Waals surface area (Å²) < 4.78 is 0. The van der Waals surface area contributed by atoms with E-state index < -0.39 is 0 Å². The van der Waals surface area contributed by atoms with E-state index in [2.05, 4.69) is 5.32 Å². The molecule has 3 nitrogen and oxygen atoms in total. The van der Waals surface area contributed by atoms with E-state index in [4.69, 9.17) is 0 Å². The molecule has 19 heavy (non-hydrogen) atoms. The molecule has 1 saturated carbocycles. The van der Waals surface area contributed by atoms with Crippen molar-refractivity contribution in [1.29, 1.82) is 0 Å². The normalized spacial score (nSPS) is 26.4. The van der Waals surface area contributed by atoms with Crippen LogP contribution >= 0.6 is 0 Å². The van der Waals surface area contributed by atoms with Crippen molar-refractivity contribution in [2.24, 2.45) is 5.41 Å². The summed E-state index contributed by atoms with van der Waals surface area (Å²) in [5.41, 5.74) is 2.73. The first kappa shape index (κ1) is 14.1. The number of hydrogen-bond acceptors (Lipinski definition) is 2. The van der Waals surface area contributed by atoms with Crippen molar-refractivity contribution in [3.63, 3.8) is 0 Å². The van der Waals surface area contributed by atoms with Crippen LogP contribution in [0.4, 0.5) is 0 Å². The van der Waals surface area contributed by atoms with Crippen LogP contribution in [0.2, 0.25) is 0 Å². The molecule has 104 valence electrons. The van der Waals surface area contributed by atoms with Gasteiger partial charge in [0.05, 0.1) is 6.61 Å². The SMILES string of the molecule is Cc1cccc(C(=O)NC2CCCC2(C)CO)c1C. The van der Waals surface area contributed by atoms with E-state index in [0.717, 1.165) is 36.0 Å². The molecular weight excluding hydrogens is 238 g/mol. The van der Waals surface area contributed by atoms with Crippen molar-refractivity contribution in [2.75, 3.05) is 6.61 Å². The number of carbonyl (C=O) groups excluding carboxylic acids is 1. The highest BCUT2D eigenvalue weighted by molar-refractivity contribution is 5.96. The van der Waals surface area contributed by atoms with E-state index in [1.807, 2.05) is 39.0 Å². The Hall–Kier alpha value is -1.35. The Bertz CT molecular complexity index is 484. The van der Waals surface area contributed by atoms with E-state index >= 15 is 0 Å². The van der Waals surface area contributed by atoms with Crippen LogP contribution < -0.4 is 5.32 Å². The minimum Gasteiger partial charge on any atom is -0.396 e. The van der Waals surface area contributed by atoms with Crippen LogP contribution in [0, 0.1) is 19.3 Å². The number of amides is 1. The minimum atomic E-state index is -0.173. The summed E-state index contributed by atoms with van der Waals surface area (Å²) in [6.45, 7) is 6.17. The Morgan fingerprint density at radius 3 is 2.89 bits per heavy atom. The quantitative estimate of drug-likeness (QED) is 0.878. The maximum Gasteiger partial charge on any atom is 0.251 e. The van der Waals surface area contributed by atoms with Crippen LogP contribution in [-0.2, 0) is 0 Å². The van der Waals surface area contributed by atoms with Crippen LogP contribution in [0.25, 0.3) is 0 Å². The summed E-state index contributed by atoms with van der Waals surface area (Å²) >= 11 is 0. The maximum absolute atomic E-state index is 12.4. The van der Waals surface area contributed by atoms with E-state index in [9.17, 15) is 9.90 Å². The van der Waals surface area contributed by atoms with Gasteiger partial charge in [-0.2, -0.15) is 0 Å². The summed E-state index contributed by atoms with van der Waals surface area (Å²) in [6.07, 6.45) is 2.99. The van der Waals surface area contributed by atoms with E-state index in [1.54, 1.807) is 0 Å². The van der Waals surface area contributed by atoms with Crippen LogP contribution in [-0.4, -0.2) is 23.7 Å². The molecule has 0 heterocycles. The van der Waals surface area contributed by atoms with Gasteiger partial charge in [0, 0.05) is 17.0 Å². The van der Waals surface area contributed by atoms with E-state index in [1.165, 1.54) is 0 Å². The summed E-state index contributed by atoms with van der Waals surface area (Å²) in [7, 11) is 0. The van der Waals surface area contributed by atoms with Crippen molar-refractivity contribution >= 4 is 5.91 Å². The zero-order valence-corrected chi connectivity index (χ0v) is 12.0. The molecule has 0 radical (unpaired) electrons. The first-order chi connectivity index (χ1) is 8.98. The van der Waals surface area contributed by atoms with Gasteiger partial charge in [0.1, 0.15) is 0 Å². The molecule has 1 aliphatic rings. The fourth-order valence-corrected chi connectivity index (χ4v) is 2.90. The Balaban J connectivity index is 2.15. The second kappa shape index (κ2) is 5.33. The molecule has 0 aromatic heterocycles. The predicted octanol–water partition coefficient (Wildman–Crippen LogP) is 2.58. The van der Waals surface area contributed by atoms with Gasteiger partial charge in [-0.25, -0.2) is 0 Å². The Morgan fingerprint density at radius 1 is 1.47 bits per heavy atom. The zero-order valence-electron chi connectivity index (χ0n) is 12.0.